The van der Waals surface area contributed by atoms with Crippen LogP contribution in [0.2, 0.25) is 0 Å². The highest BCUT2D eigenvalue weighted by Gasteiger charge is 2.04. The summed E-state index contributed by atoms with van der Waals surface area (Å²) in [4.78, 5) is 10.5. The molecule has 1 N–H and O–H groups in total. The molecule has 4 nitrogen and oxygen atoms in total. The Balaban J connectivity index is 2.68. The van der Waals surface area contributed by atoms with Crippen LogP contribution < -0.4 is 4.74 Å². The maximum Gasteiger partial charge on any atom is 0.335 e. The van der Waals surface area contributed by atoms with Gasteiger partial charge in [0.25, 0.3) is 0 Å². The average Bonchev–Trinajstić information content (AvgIpc) is 2.18. The van der Waals surface area contributed by atoms with Crippen molar-refractivity contribution in [2.24, 2.45) is 0 Å². The normalized spacial score (nSPS) is 12.1. The van der Waals surface area contributed by atoms with Crippen LogP contribution >= 0.6 is 0 Å². The molecule has 1 rings (SSSR count). The van der Waals surface area contributed by atoms with E-state index in [-0.39, 0.29) is 11.9 Å². The Labute approximate surface area is 82.1 Å². The van der Waals surface area contributed by atoms with Crippen LogP contribution in [-0.2, 0) is 4.74 Å². The molecule has 1 atom stereocenters. The van der Waals surface area contributed by atoms with Gasteiger partial charge in [0.05, 0.1) is 5.56 Å². The molecule has 0 aliphatic carbocycles. The molecule has 0 aromatic heterocycles. The minimum Gasteiger partial charge on any atom is -0.478 e. The fraction of sp³-hybridized carbons (Fsp3) is 0.300. The highest BCUT2D eigenvalue weighted by Crippen LogP contribution is 2.13. The summed E-state index contributed by atoms with van der Waals surface area (Å²) >= 11 is 0. The quantitative estimate of drug-likeness (QED) is 0.745. The molecule has 0 aliphatic heterocycles. The SMILES string of the molecule is COC(C)Oc1ccc(C(=O)O)cc1. The first-order chi connectivity index (χ1) is 6.63. The lowest BCUT2D eigenvalue weighted by Gasteiger charge is -2.12. The molecular weight excluding hydrogens is 184 g/mol. The minimum atomic E-state index is -0.948. The molecule has 14 heavy (non-hydrogen) atoms. The second-order valence-corrected chi connectivity index (χ2v) is 2.75. The predicted octanol–water partition coefficient (Wildman–Crippen LogP) is 1.76. The molecule has 0 fully saturated rings. The lowest BCUT2D eigenvalue weighted by molar-refractivity contribution is -0.0382. The minimum absolute atomic E-state index is 0.238. The number of hydrogen-bond donors (Lipinski definition) is 1. The van der Waals surface area contributed by atoms with Crippen LogP contribution in [0, 0.1) is 0 Å². The standard InChI is InChI=1S/C10H12O4/c1-7(13-2)14-9-5-3-8(4-6-9)10(11)12/h3-7H,1-2H3,(H,11,12). The van der Waals surface area contributed by atoms with Gasteiger partial charge < -0.3 is 14.6 Å². The Morgan fingerprint density at radius 2 is 1.93 bits per heavy atom. The zero-order valence-corrected chi connectivity index (χ0v) is 8.06. The van der Waals surface area contributed by atoms with E-state index >= 15 is 0 Å². The van der Waals surface area contributed by atoms with Crippen molar-refractivity contribution in [2.75, 3.05) is 7.11 Å². The van der Waals surface area contributed by atoms with Gasteiger partial charge in [-0.15, -0.1) is 0 Å². The number of methoxy groups -OCH3 is 1. The maximum absolute atomic E-state index is 10.5. The summed E-state index contributed by atoms with van der Waals surface area (Å²) in [5, 5.41) is 8.64. The van der Waals surface area contributed by atoms with Gasteiger partial charge in [-0.25, -0.2) is 4.79 Å². The number of carboxylic acid groups (broad SMARTS) is 1. The Kier molecular flexibility index (Phi) is 3.48. The van der Waals surface area contributed by atoms with E-state index in [1.807, 2.05) is 0 Å². The first kappa shape index (κ1) is 10.5. The molecule has 4 heteroatoms. The van der Waals surface area contributed by atoms with E-state index in [4.69, 9.17) is 14.6 Å². The topological polar surface area (TPSA) is 55.8 Å². The molecule has 76 valence electrons. The van der Waals surface area contributed by atoms with Crippen LogP contribution in [0.5, 0.6) is 5.75 Å². The van der Waals surface area contributed by atoms with Gasteiger partial charge in [0.15, 0.2) is 6.29 Å². The summed E-state index contributed by atoms with van der Waals surface area (Å²) in [5.41, 5.74) is 0.238. The third kappa shape index (κ3) is 2.74. The second kappa shape index (κ2) is 4.62. The van der Waals surface area contributed by atoms with Crippen molar-refractivity contribution in [1.29, 1.82) is 0 Å². The molecule has 1 unspecified atom stereocenters. The predicted molar refractivity (Wildman–Crippen MR) is 50.5 cm³/mol. The van der Waals surface area contributed by atoms with E-state index in [2.05, 4.69) is 0 Å². The monoisotopic (exact) mass is 196 g/mol. The molecule has 1 aromatic carbocycles. The molecule has 0 heterocycles. The summed E-state index contributed by atoms with van der Waals surface area (Å²) in [6, 6.07) is 6.16. The summed E-state index contributed by atoms with van der Waals surface area (Å²) in [6.07, 6.45) is -0.342. The molecule has 0 aliphatic rings. The first-order valence-corrected chi connectivity index (χ1v) is 4.16. The summed E-state index contributed by atoms with van der Waals surface area (Å²) < 4.78 is 10.2. The van der Waals surface area contributed by atoms with Crippen molar-refractivity contribution in [2.45, 2.75) is 13.2 Å². The van der Waals surface area contributed by atoms with Gasteiger partial charge in [-0.2, -0.15) is 0 Å². The second-order valence-electron chi connectivity index (χ2n) is 2.75. The van der Waals surface area contributed by atoms with Gasteiger partial charge in [0.1, 0.15) is 5.75 Å². The number of rotatable bonds is 4. The average molecular weight is 196 g/mol. The fourth-order valence-corrected chi connectivity index (χ4v) is 0.916. The van der Waals surface area contributed by atoms with E-state index in [0.29, 0.717) is 5.75 Å². The largest absolute Gasteiger partial charge is 0.478 e. The summed E-state index contributed by atoms with van der Waals surface area (Å²) in [6.45, 7) is 1.76. The molecule has 1 aromatic rings. The third-order valence-corrected chi connectivity index (χ3v) is 1.74. The summed E-state index contributed by atoms with van der Waals surface area (Å²) in [5.74, 6) is -0.360. The first-order valence-electron chi connectivity index (χ1n) is 4.16. The Morgan fingerprint density at radius 3 is 2.36 bits per heavy atom. The molecule has 0 radical (unpaired) electrons. The van der Waals surface area contributed by atoms with Gasteiger partial charge in [-0.3, -0.25) is 0 Å². The fourth-order valence-electron chi connectivity index (χ4n) is 0.916. The third-order valence-electron chi connectivity index (χ3n) is 1.74. The van der Waals surface area contributed by atoms with Gasteiger partial charge >= 0.3 is 5.97 Å². The van der Waals surface area contributed by atoms with E-state index in [1.165, 1.54) is 19.2 Å². The Morgan fingerprint density at radius 1 is 1.36 bits per heavy atom. The maximum atomic E-state index is 10.5. The van der Waals surface area contributed by atoms with Crippen LogP contribution in [-0.4, -0.2) is 24.5 Å². The number of carboxylic acids is 1. The zero-order valence-electron chi connectivity index (χ0n) is 8.06. The molecular formula is C10H12O4. The number of ether oxygens (including phenoxy) is 2. The van der Waals surface area contributed by atoms with E-state index in [0.717, 1.165) is 0 Å². The van der Waals surface area contributed by atoms with Crippen molar-refractivity contribution in [3.63, 3.8) is 0 Å². The van der Waals surface area contributed by atoms with Crippen molar-refractivity contribution in [1.82, 2.24) is 0 Å². The number of aromatic carboxylic acids is 1. The van der Waals surface area contributed by atoms with Crippen LogP contribution in [0.1, 0.15) is 17.3 Å². The van der Waals surface area contributed by atoms with Gasteiger partial charge in [-0.1, -0.05) is 0 Å². The van der Waals surface area contributed by atoms with Gasteiger partial charge in [0, 0.05) is 7.11 Å². The van der Waals surface area contributed by atoms with Crippen molar-refractivity contribution < 1.29 is 19.4 Å². The molecule has 0 bridgehead atoms. The van der Waals surface area contributed by atoms with E-state index < -0.39 is 5.97 Å². The lowest BCUT2D eigenvalue weighted by Crippen LogP contribution is -2.13. The van der Waals surface area contributed by atoms with E-state index in [1.54, 1.807) is 19.1 Å². The van der Waals surface area contributed by atoms with Crippen molar-refractivity contribution in [3.05, 3.63) is 29.8 Å². The number of hydrogen-bond acceptors (Lipinski definition) is 3. The van der Waals surface area contributed by atoms with Crippen molar-refractivity contribution >= 4 is 5.97 Å². The van der Waals surface area contributed by atoms with Crippen LogP contribution in [0.15, 0.2) is 24.3 Å². The van der Waals surface area contributed by atoms with Gasteiger partial charge in [0.2, 0.25) is 0 Å². The van der Waals surface area contributed by atoms with E-state index in [9.17, 15) is 4.79 Å². The zero-order chi connectivity index (χ0) is 10.6. The van der Waals surface area contributed by atoms with Crippen LogP contribution in [0.3, 0.4) is 0 Å². The smallest absolute Gasteiger partial charge is 0.335 e. The number of benzene rings is 1. The summed E-state index contributed by atoms with van der Waals surface area (Å²) in [7, 11) is 1.54. The molecule has 0 spiro atoms. The van der Waals surface area contributed by atoms with Crippen LogP contribution in [0.25, 0.3) is 0 Å². The number of carbonyl (C=O) groups is 1. The van der Waals surface area contributed by atoms with Gasteiger partial charge in [-0.05, 0) is 31.2 Å². The Hall–Kier alpha value is -1.55. The lowest BCUT2D eigenvalue weighted by atomic mass is 10.2. The van der Waals surface area contributed by atoms with Crippen molar-refractivity contribution in [3.8, 4) is 5.75 Å². The van der Waals surface area contributed by atoms with Crippen LogP contribution in [0.4, 0.5) is 0 Å². The molecule has 0 saturated heterocycles. The highest BCUT2D eigenvalue weighted by molar-refractivity contribution is 5.87. The molecule has 0 amide bonds. The Bertz CT molecular complexity index is 304. The molecule has 0 saturated carbocycles. The highest BCUT2D eigenvalue weighted by atomic mass is 16.7.